The van der Waals surface area contributed by atoms with Gasteiger partial charge in [0.25, 0.3) is 0 Å². The lowest BCUT2D eigenvalue weighted by molar-refractivity contribution is 0.368. The molecule has 2 aromatic rings. The molecule has 0 saturated heterocycles. The molecule has 2 aromatic heterocycles. The van der Waals surface area contributed by atoms with E-state index < -0.39 is 0 Å². The van der Waals surface area contributed by atoms with E-state index in [0.717, 1.165) is 55.6 Å². The number of aromatic nitrogens is 3. The number of guanidine groups is 1. The monoisotopic (exact) mass is 364 g/mol. The zero-order chi connectivity index (χ0) is 18.1. The molecule has 0 aliphatic rings. The van der Waals surface area contributed by atoms with Gasteiger partial charge in [-0.3, -0.25) is 4.99 Å². The number of hydrogen-bond acceptors (Lipinski definition) is 6. The van der Waals surface area contributed by atoms with Gasteiger partial charge in [0.2, 0.25) is 5.89 Å². The molecule has 2 rings (SSSR count). The first-order valence-corrected chi connectivity index (χ1v) is 9.64. The highest BCUT2D eigenvalue weighted by atomic mass is 32.1. The average Bonchev–Trinajstić information content (AvgIpc) is 3.26. The second kappa shape index (κ2) is 10.1. The van der Waals surface area contributed by atoms with Gasteiger partial charge in [-0.25, -0.2) is 4.98 Å². The van der Waals surface area contributed by atoms with Gasteiger partial charge in [-0.2, -0.15) is 4.98 Å². The van der Waals surface area contributed by atoms with Crippen LogP contribution in [0.3, 0.4) is 0 Å². The Hall–Kier alpha value is -1.96. The van der Waals surface area contributed by atoms with E-state index in [-0.39, 0.29) is 0 Å². The summed E-state index contributed by atoms with van der Waals surface area (Å²) in [5, 5.41) is 11.8. The minimum absolute atomic E-state index is 0.296. The molecule has 0 radical (unpaired) electrons. The minimum atomic E-state index is 0.296. The highest BCUT2D eigenvalue weighted by Crippen LogP contribution is 2.13. The quantitative estimate of drug-likeness (QED) is 0.404. The second-order valence-electron chi connectivity index (χ2n) is 6.05. The maximum absolute atomic E-state index is 5.24. The molecule has 0 unspecified atom stereocenters. The Kier molecular flexibility index (Phi) is 7.84. The molecule has 2 N–H and O–H groups in total. The number of rotatable bonds is 9. The third-order valence-electron chi connectivity index (χ3n) is 3.66. The fraction of sp³-hybridized carbons (Fsp3) is 0.647. The van der Waals surface area contributed by atoms with Crippen molar-refractivity contribution in [1.29, 1.82) is 0 Å². The molecular weight excluding hydrogens is 336 g/mol. The number of nitrogens with zero attached hydrogens (tertiary/aromatic N) is 4. The van der Waals surface area contributed by atoms with Crippen LogP contribution in [0.2, 0.25) is 0 Å². The molecule has 0 aliphatic carbocycles. The molecule has 8 heteroatoms. The Morgan fingerprint density at radius 2 is 2.08 bits per heavy atom. The third-order valence-corrected chi connectivity index (χ3v) is 4.87. The van der Waals surface area contributed by atoms with E-state index in [1.807, 2.05) is 6.20 Å². The lowest BCUT2D eigenvalue weighted by Crippen LogP contribution is -2.38. The molecule has 2 heterocycles. The van der Waals surface area contributed by atoms with Gasteiger partial charge >= 0.3 is 0 Å². The van der Waals surface area contributed by atoms with Crippen molar-refractivity contribution >= 4 is 17.3 Å². The van der Waals surface area contributed by atoms with Crippen LogP contribution < -0.4 is 10.6 Å². The van der Waals surface area contributed by atoms with Crippen LogP contribution in [0, 0.1) is 0 Å². The molecule has 0 fully saturated rings. The van der Waals surface area contributed by atoms with Crippen molar-refractivity contribution < 1.29 is 4.52 Å². The van der Waals surface area contributed by atoms with E-state index in [1.54, 1.807) is 18.4 Å². The zero-order valence-electron chi connectivity index (χ0n) is 15.5. The van der Waals surface area contributed by atoms with Crippen LogP contribution in [-0.4, -0.2) is 41.2 Å². The van der Waals surface area contributed by atoms with Gasteiger partial charge in [-0.15, -0.1) is 11.3 Å². The predicted molar refractivity (Wildman–Crippen MR) is 101 cm³/mol. The van der Waals surface area contributed by atoms with Crippen LogP contribution in [0.4, 0.5) is 0 Å². The van der Waals surface area contributed by atoms with Crippen molar-refractivity contribution in [2.45, 2.75) is 52.4 Å². The number of aryl methyl sites for hydroxylation is 2. The van der Waals surface area contributed by atoms with E-state index in [4.69, 9.17) is 4.52 Å². The van der Waals surface area contributed by atoms with Crippen molar-refractivity contribution in [1.82, 2.24) is 25.8 Å². The Labute approximate surface area is 153 Å². The van der Waals surface area contributed by atoms with Gasteiger partial charge < -0.3 is 15.2 Å². The van der Waals surface area contributed by atoms with Crippen LogP contribution in [-0.2, 0) is 19.3 Å². The van der Waals surface area contributed by atoms with Gasteiger partial charge in [0.1, 0.15) is 0 Å². The summed E-state index contributed by atoms with van der Waals surface area (Å²) in [5.74, 6) is 2.57. The van der Waals surface area contributed by atoms with Crippen LogP contribution in [0.25, 0.3) is 0 Å². The molecule has 0 atom stereocenters. The average molecular weight is 365 g/mol. The molecule has 0 amide bonds. The molecule has 0 saturated carbocycles. The molecule has 0 bridgehead atoms. The number of hydrogen-bond donors (Lipinski definition) is 2. The lowest BCUT2D eigenvalue weighted by Gasteiger charge is -2.10. The summed E-state index contributed by atoms with van der Waals surface area (Å²) in [7, 11) is 1.78. The van der Waals surface area contributed by atoms with Crippen molar-refractivity contribution in [3.8, 4) is 0 Å². The molecule has 7 nitrogen and oxygen atoms in total. The third kappa shape index (κ3) is 6.45. The molecular formula is C17H28N6OS. The molecule has 0 spiro atoms. The first kappa shape index (κ1) is 19.4. The summed E-state index contributed by atoms with van der Waals surface area (Å²) in [6.45, 7) is 7.88. The molecule has 0 aliphatic heterocycles. The second-order valence-corrected chi connectivity index (χ2v) is 7.25. The first-order chi connectivity index (χ1) is 12.1. The maximum atomic E-state index is 5.24. The van der Waals surface area contributed by atoms with Crippen molar-refractivity contribution in [2.24, 2.45) is 4.99 Å². The summed E-state index contributed by atoms with van der Waals surface area (Å²) in [5.41, 5.74) is 0. The fourth-order valence-electron chi connectivity index (χ4n) is 2.19. The van der Waals surface area contributed by atoms with Gasteiger partial charge in [-0.1, -0.05) is 25.9 Å². The highest BCUT2D eigenvalue weighted by Gasteiger charge is 2.09. The minimum Gasteiger partial charge on any atom is -0.356 e. The number of thiazole rings is 1. The smallest absolute Gasteiger partial charge is 0.226 e. The van der Waals surface area contributed by atoms with Crippen LogP contribution >= 0.6 is 11.3 Å². The number of nitrogens with one attached hydrogen (secondary N) is 2. The standard InChI is InChI=1S/C17H28N6OS/c1-5-13-11-21-15(25-13)8-10-20-17(18-4)19-9-6-7-14-22-16(12(2)3)23-24-14/h11-12H,5-10H2,1-4H3,(H2,18,19,20). The van der Waals surface area contributed by atoms with E-state index in [9.17, 15) is 0 Å². The highest BCUT2D eigenvalue weighted by molar-refractivity contribution is 7.11. The normalized spacial score (nSPS) is 12.0. The lowest BCUT2D eigenvalue weighted by atomic mass is 10.2. The van der Waals surface area contributed by atoms with Crippen molar-refractivity contribution in [3.05, 3.63) is 27.8 Å². The summed E-state index contributed by atoms with van der Waals surface area (Å²) < 4.78 is 5.24. The summed E-state index contributed by atoms with van der Waals surface area (Å²) in [6.07, 6.45) is 5.60. The van der Waals surface area contributed by atoms with E-state index in [2.05, 4.69) is 51.5 Å². The zero-order valence-corrected chi connectivity index (χ0v) is 16.3. The van der Waals surface area contributed by atoms with E-state index in [1.165, 1.54) is 4.88 Å². The van der Waals surface area contributed by atoms with Gasteiger partial charge in [0.05, 0.1) is 5.01 Å². The topological polar surface area (TPSA) is 88.2 Å². The number of aliphatic imine (C=N–C) groups is 1. The Morgan fingerprint density at radius 3 is 2.72 bits per heavy atom. The molecule has 0 aromatic carbocycles. The van der Waals surface area contributed by atoms with Crippen molar-refractivity contribution in [3.63, 3.8) is 0 Å². The Balaban J connectivity index is 1.62. The predicted octanol–water partition coefficient (Wildman–Crippen LogP) is 2.55. The van der Waals surface area contributed by atoms with Crippen LogP contribution in [0.1, 0.15) is 54.7 Å². The van der Waals surface area contributed by atoms with Crippen molar-refractivity contribution in [2.75, 3.05) is 20.1 Å². The van der Waals surface area contributed by atoms with Crippen LogP contribution in [0.15, 0.2) is 15.7 Å². The summed E-state index contributed by atoms with van der Waals surface area (Å²) in [4.78, 5) is 14.4. The summed E-state index contributed by atoms with van der Waals surface area (Å²) in [6, 6.07) is 0. The fourth-order valence-corrected chi connectivity index (χ4v) is 3.05. The Bertz CT molecular complexity index is 664. The SMILES string of the molecule is CCc1cnc(CCNC(=NC)NCCCc2nc(C(C)C)no2)s1. The maximum Gasteiger partial charge on any atom is 0.226 e. The molecule has 25 heavy (non-hydrogen) atoms. The molecule has 138 valence electrons. The Morgan fingerprint density at radius 1 is 1.28 bits per heavy atom. The van der Waals surface area contributed by atoms with Gasteiger partial charge in [-0.05, 0) is 12.8 Å². The van der Waals surface area contributed by atoms with Gasteiger partial charge in [0.15, 0.2) is 11.8 Å². The van der Waals surface area contributed by atoms with E-state index >= 15 is 0 Å². The van der Waals surface area contributed by atoms with Crippen LogP contribution in [0.5, 0.6) is 0 Å². The van der Waals surface area contributed by atoms with E-state index in [0.29, 0.717) is 11.8 Å². The summed E-state index contributed by atoms with van der Waals surface area (Å²) >= 11 is 1.78. The largest absolute Gasteiger partial charge is 0.356 e. The first-order valence-electron chi connectivity index (χ1n) is 8.83. The van der Waals surface area contributed by atoms with Gasteiger partial charge in [0, 0.05) is 50.0 Å².